The van der Waals surface area contributed by atoms with Gasteiger partial charge >= 0.3 is 0 Å². The number of nitrogens with zero attached hydrogens (tertiary/aromatic N) is 1. The van der Waals surface area contributed by atoms with Crippen LogP contribution in [0.5, 0.6) is 0 Å². The zero-order valence-corrected chi connectivity index (χ0v) is 13.3. The molecule has 0 spiro atoms. The summed E-state index contributed by atoms with van der Waals surface area (Å²) in [4.78, 5) is 0. The number of benzene rings is 1. The molecule has 0 radical (unpaired) electrons. The van der Waals surface area contributed by atoms with Gasteiger partial charge in [-0.05, 0) is 25.3 Å². The van der Waals surface area contributed by atoms with Crippen molar-refractivity contribution in [2.24, 2.45) is 0 Å². The van der Waals surface area contributed by atoms with Gasteiger partial charge in [-0.25, -0.2) is 0 Å². The zero-order valence-electron chi connectivity index (χ0n) is 12.4. The molecule has 2 nitrogen and oxygen atoms in total. The van der Waals surface area contributed by atoms with E-state index in [4.69, 9.17) is 4.52 Å². The van der Waals surface area contributed by atoms with Gasteiger partial charge in [-0.1, -0.05) is 51.1 Å². The normalized spacial score (nSPS) is 35.6. The maximum absolute atomic E-state index is 6.66. The fraction of sp³-hybridized carbons (Fsp3) is 0.625. The molecule has 3 rings (SSSR count). The lowest BCUT2D eigenvalue weighted by Crippen LogP contribution is -2.36. The number of rotatable bonds is 1. The van der Waals surface area contributed by atoms with Crippen molar-refractivity contribution in [3.05, 3.63) is 35.9 Å². The highest BCUT2D eigenvalue weighted by Gasteiger charge is 2.56. The Labute approximate surface area is 118 Å². The van der Waals surface area contributed by atoms with Crippen LogP contribution in [-0.2, 0) is 10.1 Å². The Morgan fingerprint density at radius 2 is 1.95 bits per heavy atom. The van der Waals surface area contributed by atoms with Crippen molar-refractivity contribution < 1.29 is 4.52 Å². The molecule has 19 heavy (non-hydrogen) atoms. The fourth-order valence-corrected chi connectivity index (χ4v) is 6.01. The summed E-state index contributed by atoms with van der Waals surface area (Å²) in [6.45, 7) is 10.4. The van der Waals surface area contributed by atoms with Crippen LogP contribution in [0, 0.1) is 0 Å². The fourth-order valence-electron chi connectivity index (χ4n) is 3.36. The highest BCUT2D eigenvalue weighted by atomic mass is 31.2. The topological polar surface area (TPSA) is 12.5 Å². The van der Waals surface area contributed by atoms with Crippen LogP contribution in [0.4, 0.5) is 0 Å². The third-order valence-electron chi connectivity index (χ3n) is 4.29. The summed E-state index contributed by atoms with van der Waals surface area (Å²) in [7, 11) is -0.505. The Bertz CT molecular complexity index is 456. The molecule has 0 aromatic heterocycles. The Hall–Kier alpha value is -0.430. The number of fused-ring (bicyclic) bond motifs is 1. The molecule has 3 heteroatoms. The summed E-state index contributed by atoms with van der Waals surface area (Å²) in [5.74, 6) is 0. The molecule has 2 aliphatic heterocycles. The number of hydrogen-bond donors (Lipinski definition) is 0. The summed E-state index contributed by atoms with van der Waals surface area (Å²) in [6.07, 6.45) is 2.58. The average Bonchev–Trinajstić information content (AvgIpc) is 2.93. The predicted octanol–water partition coefficient (Wildman–Crippen LogP) is 4.51. The van der Waals surface area contributed by atoms with Gasteiger partial charge in [0.2, 0.25) is 0 Å². The monoisotopic (exact) mass is 277 g/mol. The van der Waals surface area contributed by atoms with Gasteiger partial charge in [0, 0.05) is 17.7 Å². The van der Waals surface area contributed by atoms with Crippen LogP contribution in [0.15, 0.2) is 30.3 Å². The molecule has 1 aromatic carbocycles. The second-order valence-electron chi connectivity index (χ2n) is 6.83. The van der Waals surface area contributed by atoms with E-state index in [0.717, 1.165) is 0 Å². The SMILES string of the molecule is CC(C)(C)[P@@]1O[C@](C)(c2ccccc2)[C@@H]2CCCN21. The number of hydrogen-bond acceptors (Lipinski definition) is 2. The van der Waals surface area contributed by atoms with Gasteiger partial charge in [0.15, 0.2) is 0 Å². The molecule has 104 valence electrons. The van der Waals surface area contributed by atoms with Gasteiger partial charge in [0.05, 0.1) is 0 Å². The van der Waals surface area contributed by atoms with E-state index in [2.05, 4.69) is 62.7 Å². The lowest BCUT2D eigenvalue weighted by Gasteiger charge is -2.32. The van der Waals surface area contributed by atoms with Gasteiger partial charge < -0.3 is 4.52 Å². The van der Waals surface area contributed by atoms with Gasteiger partial charge in [-0.15, -0.1) is 0 Å². The Morgan fingerprint density at radius 3 is 2.58 bits per heavy atom. The van der Waals surface area contributed by atoms with E-state index in [0.29, 0.717) is 6.04 Å². The van der Waals surface area contributed by atoms with E-state index in [9.17, 15) is 0 Å². The molecule has 0 unspecified atom stereocenters. The Kier molecular flexibility index (Phi) is 3.24. The third kappa shape index (κ3) is 2.14. The molecule has 0 saturated carbocycles. The van der Waals surface area contributed by atoms with Crippen LogP contribution in [0.3, 0.4) is 0 Å². The van der Waals surface area contributed by atoms with Crippen molar-refractivity contribution in [2.75, 3.05) is 6.54 Å². The minimum absolute atomic E-state index is 0.128. The van der Waals surface area contributed by atoms with Crippen LogP contribution in [0.1, 0.15) is 46.1 Å². The highest BCUT2D eigenvalue weighted by molar-refractivity contribution is 7.52. The molecule has 0 amide bonds. The molecule has 1 aromatic rings. The summed E-state index contributed by atoms with van der Waals surface area (Å²) in [6, 6.07) is 11.3. The average molecular weight is 277 g/mol. The molecule has 2 aliphatic rings. The summed E-state index contributed by atoms with van der Waals surface area (Å²) in [5.41, 5.74) is 1.21. The summed E-state index contributed by atoms with van der Waals surface area (Å²) >= 11 is 0. The molecule has 3 atom stereocenters. The minimum Gasteiger partial charge on any atom is -0.331 e. The molecule has 0 N–H and O–H groups in total. The molecule has 0 bridgehead atoms. The first-order chi connectivity index (χ1) is 8.93. The standard InChI is InChI=1S/C16H24NOP/c1-15(2,3)19-17-12-8-11-14(17)16(4,18-19)13-9-6-5-7-10-13/h5-7,9-10,14H,8,11-12H2,1-4H3/t14-,16+,19+/m0/s1. The van der Waals surface area contributed by atoms with E-state index < -0.39 is 8.30 Å². The molecule has 2 heterocycles. The molecular formula is C16H24NOP. The van der Waals surface area contributed by atoms with Gasteiger partial charge in [-0.3, -0.25) is 4.67 Å². The smallest absolute Gasteiger partial charge is 0.112 e. The predicted molar refractivity (Wildman–Crippen MR) is 81.3 cm³/mol. The van der Waals surface area contributed by atoms with Crippen LogP contribution in [0.25, 0.3) is 0 Å². The zero-order chi connectivity index (χ0) is 13.7. The van der Waals surface area contributed by atoms with Crippen LogP contribution >= 0.6 is 8.30 Å². The molecular weight excluding hydrogens is 253 g/mol. The van der Waals surface area contributed by atoms with E-state index in [1.54, 1.807) is 0 Å². The Balaban J connectivity index is 1.99. The maximum Gasteiger partial charge on any atom is 0.112 e. The van der Waals surface area contributed by atoms with Crippen molar-refractivity contribution in [2.45, 2.75) is 57.3 Å². The quantitative estimate of drug-likeness (QED) is 0.700. The lowest BCUT2D eigenvalue weighted by molar-refractivity contribution is 0.0870. The van der Waals surface area contributed by atoms with Gasteiger partial charge in [0.1, 0.15) is 13.9 Å². The van der Waals surface area contributed by atoms with Crippen molar-refractivity contribution in [3.8, 4) is 0 Å². The van der Waals surface area contributed by atoms with Crippen LogP contribution < -0.4 is 0 Å². The van der Waals surface area contributed by atoms with Crippen LogP contribution in [-0.4, -0.2) is 22.4 Å². The van der Waals surface area contributed by atoms with Gasteiger partial charge in [-0.2, -0.15) is 0 Å². The van der Waals surface area contributed by atoms with Crippen molar-refractivity contribution >= 4 is 8.30 Å². The second kappa shape index (κ2) is 4.55. The van der Waals surface area contributed by atoms with Crippen molar-refractivity contribution in [1.29, 1.82) is 0 Å². The van der Waals surface area contributed by atoms with Crippen molar-refractivity contribution in [3.63, 3.8) is 0 Å². The first-order valence-electron chi connectivity index (χ1n) is 7.24. The van der Waals surface area contributed by atoms with Crippen molar-refractivity contribution in [1.82, 2.24) is 4.67 Å². The van der Waals surface area contributed by atoms with E-state index in [1.807, 2.05) is 0 Å². The minimum atomic E-state index is -0.505. The van der Waals surface area contributed by atoms with E-state index in [1.165, 1.54) is 24.9 Å². The summed E-state index contributed by atoms with van der Waals surface area (Å²) in [5, 5.41) is 0.227. The first kappa shape index (κ1) is 13.5. The summed E-state index contributed by atoms with van der Waals surface area (Å²) < 4.78 is 9.31. The molecule has 2 fully saturated rings. The van der Waals surface area contributed by atoms with Crippen LogP contribution in [0.2, 0.25) is 0 Å². The highest BCUT2D eigenvalue weighted by Crippen LogP contribution is 2.67. The van der Waals surface area contributed by atoms with E-state index in [-0.39, 0.29) is 10.8 Å². The Morgan fingerprint density at radius 1 is 1.26 bits per heavy atom. The lowest BCUT2D eigenvalue weighted by atomic mass is 9.87. The van der Waals surface area contributed by atoms with E-state index >= 15 is 0 Å². The second-order valence-corrected chi connectivity index (χ2v) is 9.41. The molecule has 2 saturated heterocycles. The molecule has 0 aliphatic carbocycles. The maximum atomic E-state index is 6.66. The first-order valence-corrected chi connectivity index (χ1v) is 8.45. The largest absolute Gasteiger partial charge is 0.331 e. The van der Waals surface area contributed by atoms with Gasteiger partial charge in [0.25, 0.3) is 0 Å². The third-order valence-corrected chi connectivity index (χ3v) is 6.94.